The van der Waals surface area contributed by atoms with Gasteiger partial charge in [0, 0.05) is 12.2 Å². The lowest BCUT2D eigenvalue weighted by atomic mass is 10.2. The summed E-state index contributed by atoms with van der Waals surface area (Å²) in [5.74, 6) is -0.135. The molecule has 0 N–H and O–H groups in total. The molecule has 0 radical (unpaired) electrons. The van der Waals surface area contributed by atoms with Crippen LogP contribution in [0.1, 0.15) is 20.3 Å². The van der Waals surface area contributed by atoms with Gasteiger partial charge < -0.3 is 19.1 Å². The van der Waals surface area contributed by atoms with Gasteiger partial charge in [-0.25, -0.2) is 4.79 Å². The van der Waals surface area contributed by atoms with Crippen molar-refractivity contribution in [1.29, 1.82) is 5.26 Å². The fourth-order valence-electron chi connectivity index (χ4n) is 2.62. The molecule has 2 aromatic rings. The van der Waals surface area contributed by atoms with E-state index in [9.17, 15) is 9.59 Å². The number of amides is 1. The maximum absolute atomic E-state index is 12.8. The van der Waals surface area contributed by atoms with Gasteiger partial charge in [0.25, 0.3) is 5.91 Å². The number of nitriles is 1. The Morgan fingerprint density at radius 2 is 1.66 bits per heavy atom. The molecule has 7 heteroatoms. The minimum Gasteiger partial charge on any atom is -0.490 e. The first kappa shape index (κ1) is 21.8. The van der Waals surface area contributed by atoms with E-state index in [2.05, 4.69) is 0 Å². The van der Waals surface area contributed by atoms with Gasteiger partial charge in [-0.05, 0) is 38.1 Å². The van der Waals surface area contributed by atoms with Crippen LogP contribution < -0.4 is 14.4 Å². The summed E-state index contributed by atoms with van der Waals surface area (Å²) in [5.41, 5.74) is 0.637. The average molecular weight is 396 g/mol. The first-order chi connectivity index (χ1) is 14.1. The summed E-state index contributed by atoms with van der Waals surface area (Å²) in [6.07, 6.45) is -0.856. The normalized spacial score (nSPS) is 11.1. The van der Waals surface area contributed by atoms with Crippen LogP contribution in [0.2, 0.25) is 0 Å². The lowest BCUT2D eigenvalue weighted by molar-refractivity contribution is -0.155. The second kappa shape index (κ2) is 11.3. The molecule has 0 heterocycles. The molecule has 1 atom stereocenters. The number of anilines is 1. The van der Waals surface area contributed by atoms with Crippen LogP contribution in [0.15, 0.2) is 54.6 Å². The molecule has 2 aromatic carbocycles. The van der Waals surface area contributed by atoms with E-state index < -0.39 is 18.0 Å². The number of ether oxygens (including phenoxy) is 3. The molecule has 7 nitrogen and oxygen atoms in total. The molecule has 0 bridgehead atoms. The molecule has 0 aliphatic rings. The van der Waals surface area contributed by atoms with Crippen molar-refractivity contribution in [2.75, 3.05) is 24.7 Å². The number of hydrogen-bond acceptors (Lipinski definition) is 6. The average Bonchev–Trinajstić information content (AvgIpc) is 2.74. The molecule has 0 aromatic heterocycles. The van der Waals surface area contributed by atoms with Gasteiger partial charge in [0.2, 0.25) is 0 Å². The number of esters is 1. The molecule has 2 rings (SSSR count). The van der Waals surface area contributed by atoms with Gasteiger partial charge in [-0.3, -0.25) is 4.79 Å². The van der Waals surface area contributed by atoms with Gasteiger partial charge in [-0.2, -0.15) is 5.26 Å². The molecule has 0 fully saturated rings. The maximum Gasteiger partial charge on any atom is 0.344 e. The Balaban J connectivity index is 1.97. The van der Waals surface area contributed by atoms with E-state index in [1.807, 2.05) is 19.1 Å². The lowest BCUT2D eigenvalue weighted by Crippen LogP contribution is -2.41. The van der Waals surface area contributed by atoms with Crippen molar-refractivity contribution in [3.05, 3.63) is 54.6 Å². The second-order valence-corrected chi connectivity index (χ2v) is 6.03. The first-order valence-electron chi connectivity index (χ1n) is 9.34. The van der Waals surface area contributed by atoms with Crippen molar-refractivity contribution in [2.24, 2.45) is 0 Å². The number of benzene rings is 2. The molecule has 0 aliphatic carbocycles. The monoisotopic (exact) mass is 396 g/mol. The highest BCUT2D eigenvalue weighted by molar-refractivity contribution is 5.97. The summed E-state index contributed by atoms with van der Waals surface area (Å²) in [7, 11) is 0. The van der Waals surface area contributed by atoms with Gasteiger partial charge in [-0.15, -0.1) is 0 Å². The van der Waals surface area contributed by atoms with E-state index in [0.717, 1.165) is 0 Å². The summed E-state index contributed by atoms with van der Waals surface area (Å²) in [6.45, 7) is 3.67. The minimum absolute atomic E-state index is 0.165. The van der Waals surface area contributed by atoms with E-state index in [4.69, 9.17) is 19.5 Å². The lowest BCUT2D eigenvalue weighted by Gasteiger charge is -2.25. The zero-order valence-electron chi connectivity index (χ0n) is 16.5. The Kier molecular flexibility index (Phi) is 8.51. The van der Waals surface area contributed by atoms with Crippen LogP contribution in [-0.4, -0.2) is 37.7 Å². The smallest absolute Gasteiger partial charge is 0.344 e. The van der Waals surface area contributed by atoms with Crippen LogP contribution >= 0.6 is 0 Å². The van der Waals surface area contributed by atoms with Crippen molar-refractivity contribution >= 4 is 17.6 Å². The highest BCUT2D eigenvalue weighted by atomic mass is 16.6. The Bertz CT molecular complexity index is 848. The van der Waals surface area contributed by atoms with Crippen LogP contribution in [0.3, 0.4) is 0 Å². The Morgan fingerprint density at radius 1 is 1.03 bits per heavy atom. The largest absolute Gasteiger partial charge is 0.490 e. The minimum atomic E-state index is -1.02. The molecule has 0 spiro atoms. The number of carbonyl (C=O) groups excluding carboxylic acids is 2. The van der Waals surface area contributed by atoms with Gasteiger partial charge in [-0.1, -0.05) is 30.3 Å². The third kappa shape index (κ3) is 6.54. The quantitative estimate of drug-likeness (QED) is 0.572. The van der Waals surface area contributed by atoms with Crippen LogP contribution in [0.25, 0.3) is 0 Å². The molecular formula is C22H24N2O5. The van der Waals surface area contributed by atoms with E-state index >= 15 is 0 Å². The topological polar surface area (TPSA) is 88.9 Å². The zero-order chi connectivity index (χ0) is 21.1. The van der Waals surface area contributed by atoms with Gasteiger partial charge >= 0.3 is 5.97 Å². The predicted octanol–water partition coefficient (Wildman–Crippen LogP) is 3.34. The molecule has 0 saturated carbocycles. The molecule has 1 amide bonds. The molecule has 29 heavy (non-hydrogen) atoms. The molecule has 0 saturated heterocycles. The Morgan fingerprint density at radius 3 is 2.28 bits per heavy atom. The third-order valence-corrected chi connectivity index (χ3v) is 3.93. The van der Waals surface area contributed by atoms with Crippen molar-refractivity contribution in [3.8, 4) is 17.6 Å². The SMILES string of the molecule is CCOc1ccccc1OCC(=O)OC(C)C(=O)N(CCC#N)c1ccccc1. The van der Waals surface area contributed by atoms with E-state index in [1.165, 1.54) is 11.8 Å². The van der Waals surface area contributed by atoms with Gasteiger partial charge in [0.15, 0.2) is 24.2 Å². The number of carbonyl (C=O) groups is 2. The second-order valence-electron chi connectivity index (χ2n) is 6.03. The zero-order valence-corrected chi connectivity index (χ0v) is 16.5. The highest BCUT2D eigenvalue weighted by Crippen LogP contribution is 2.26. The summed E-state index contributed by atoms with van der Waals surface area (Å²) >= 11 is 0. The van der Waals surface area contributed by atoms with E-state index in [-0.39, 0.29) is 19.6 Å². The fraction of sp³-hybridized carbons (Fsp3) is 0.318. The molecular weight excluding hydrogens is 372 g/mol. The predicted molar refractivity (Wildman–Crippen MR) is 108 cm³/mol. The van der Waals surface area contributed by atoms with Crippen molar-refractivity contribution in [1.82, 2.24) is 0 Å². The summed E-state index contributed by atoms with van der Waals surface area (Å²) in [4.78, 5) is 26.4. The van der Waals surface area contributed by atoms with Crippen LogP contribution in [-0.2, 0) is 14.3 Å². The number of rotatable bonds is 10. The first-order valence-corrected chi connectivity index (χ1v) is 9.34. The van der Waals surface area contributed by atoms with Crippen LogP contribution in [0.4, 0.5) is 5.69 Å². The molecule has 1 unspecified atom stereocenters. The number of nitrogens with zero attached hydrogens (tertiary/aromatic N) is 2. The van der Waals surface area contributed by atoms with E-state index in [1.54, 1.807) is 48.5 Å². The van der Waals surface area contributed by atoms with Gasteiger partial charge in [0.05, 0.1) is 19.1 Å². The summed E-state index contributed by atoms with van der Waals surface area (Å²) in [6, 6.07) is 18.0. The number of para-hydroxylation sites is 3. The van der Waals surface area contributed by atoms with Crippen LogP contribution in [0, 0.1) is 11.3 Å². The highest BCUT2D eigenvalue weighted by Gasteiger charge is 2.25. The van der Waals surface area contributed by atoms with Crippen molar-refractivity contribution in [3.63, 3.8) is 0 Å². The van der Waals surface area contributed by atoms with E-state index in [0.29, 0.717) is 23.8 Å². The standard InChI is InChI=1S/C22H24N2O5/c1-3-27-19-12-7-8-13-20(19)28-16-21(25)29-17(2)22(26)24(15-9-14-23)18-10-5-4-6-11-18/h4-8,10-13,17H,3,9,15-16H2,1-2H3. The maximum atomic E-state index is 12.8. The molecule has 0 aliphatic heterocycles. The van der Waals surface area contributed by atoms with Crippen molar-refractivity contribution < 1.29 is 23.8 Å². The third-order valence-electron chi connectivity index (χ3n) is 3.93. The van der Waals surface area contributed by atoms with Crippen LogP contribution in [0.5, 0.6) is 11.5 Å². The molecule has 152 valence electrons. The van der Waals surface area contributed by atoms with Crippen molar-refractivity contribution in [2.45, 2.75) is 26.4 Å². The Hall–Kier alpha value is -3.53. The van der Waals surface area contributed by atoms with Gasteiger partial charge in [0.1, 0.15) is 0 Å². The summed E-state index contributed by atoms with van der Waals surface area (Å²) < 4.78 is 16.2. The summed E-state index contributed by atoms with van der Waals surface area (Å²) in [5, 5.41) is 8.87. The Labute approximate surface area is 170 Å². The number of hydrogen-bond donors (Lipinski definition) is 0. The fourth-order valence-corrected chi connectivity index (χ4v) is 2.62.